The van der Waals surface area contributed by atoms with Gasteiger partial charge in [0, 0.05) is 12.3 Å². The number of fused-ring (bicyclic) bond motifs is 4. The van der Waals surface area contributed by atoms with Crippen LogP contribution in [0.1, 0.15) is 80.1 Å². The molecule has 0 amide bonds. The second-order valence-corrected chi connectivity index (χ2v) is 10.9. The lowest BCUT2D eigenvalue weighted by molar-refractivity contribution is -0.138. The molecule has 1 aliphatic heterocycles. The van der Waals surface area contributed by atoms with Gasteiger partial charge in [0.2, 0.25) is 0 Å². The molecule has 8 atom stereocenters. The summed E-state index contributed by atoms with van der Waals surface area (Å²) in [5.74, 6) is 3.19. The van der Waals surface area contributed by atoms with Crippen molar-refractivity contribution in [2.24, 2.45) is 40.4 Å². The van der Waals surface area contributed by atoms with Crippen molar-refractivity contribution in [1.82, 2.24) is 0 Å². The fourth-order valence-corrected chi connectivity index (χ4v) is 7.01. The molecule has 0 radical (unpaired) electrons. The Morgan fingerprint density at radius 1 is 1.04 bits per heavy atom. The summed E-state index contributed by atoms with van der Waals surface area (Å²) in [4.78, 5) is 12.8. The van der Waals surface area contributed by atoms with E-state index in [1.165, 1.54) is 25.7 Å². The summed E-state index contributed by atoms with van der Waals surface area (Å²) in [7, 11) is 0. The Bertz CT molecular complexity index is 552. The zero-order valence-corrected chi connectivity index (χ0v) is 16.5. The number of Topliss-reactive ketones (excluding diaryl/α,β-unsaturated/α-hetero) is 1. The van der Waals surface area contributed by atoms with Gasteiger partial charge in [-0.25, -0.2) is 0 Å². The van der Waals surface area contributed by atoms with E-state index in [1.54, 1.807) is 0 Å². The summed E-state index contributed by atoms with van der Waals surface area (Å²) in [5.41, 5.74) is 0.858. The fraction of sp³-hybridized carbons (Fsp3) is 0.955. The quantitative estimate of drug-likeness (QED) is 0.567. The molecule has 4 fully saturated rings. The van der Waals surface area contributed by atoms with E-state index in [4.69, 9.17) is 4.74 Å². The van der Waals surface area contributed by atoms with Crippen LogP contribution < -0.4 is 0 Å². The fourth-order valence-electron chi connectivity index (χ4n) is 7.01. The first-order valence-electron chi connectivity index (χ1n) is 10.3. The minimum absolute atomic E-state index is 0.0746. The van der Waals surface area contributed by atoms with Crippen molar-refractivity contribution >= 4 is 5.78 Å². The molecule has 3 saturated carbocycles. The molecule has 2 nitrogen and oxygen atoms in total. The number of carbonyl (C=O) groups excluding carboxylic acids is 1. The largest absolute Gasteiger partial charge is 0.366 e. The molecule has 0 spiro atoms. The van der Waals surface area contributed by atoms with Crippen LogP contribution in [0.25, 0.3) is 0 Å². The minimum Gasteiger partial charge on any atom is -0.366 e. The summed E-state index contributed by atoms with van der Waals surface area (Å²) in [6, 6.07) is 0. The molecule has 1 saturated heterocycles. The second-order valence-electron chi connectivity index (χ2n) is 10.9. The number of epoxide rings is 1. The highest BCUT2D eigenvalue weighted by Crippen LogP contribution is 2.64. The van der Waals surface area contributed by atoms with Crippen LogP contribution in [0.2, 0.25) is 0 Å². The monoisotopic (exact) mass is 332 g/mol. The summed E-state index contributed by atoms with van der Waals surface area (Å²) >= 11 is 0. The van der Waals surface area contributed by atoms with E-state index in [9.17, 15) is 4.79 Å². The van der Waals surface area contributed by atoms with Gasteiger partial charge >= 0.3 is 0 Å². The van der Waals surface area contributed by atoms with Gasteiger partial charge in [-0.15, -0.1) is 0 Å². The summed E-state index contributed by atoms with van der Waals surface area (Å²) in [6.07, 6.45) is 7.60. The molecule has 4 aliphatic rings. The highest BCUT2D eigenvalue weighted by Gasteiger charge is 2.60. The summed E-state index contributed by atoms with van der Waals surface area (Å²) in [5, 5.41) is 0. The van der Waals surface area contributed by atoms with Gasteiger partial charge in [-0.2, -0.15) is 0 Å². The maximum absolute atomic E-state index is 12.8. The Morgan fingerprint density at radius 2 is 1.75 bits per heavy atom. The Hall–Kier alpha value is -0.370. The number of ether oxygens (including phenoxy) is 1. The lowest BCUT2D eigenvalue weighted by atomic mass is 9.53. The first-order valence-corrected chi connectivity index (χ1v) is 10.3. The van der Waals surface area contributed by atoms with Crippen molar-refractivity contribution < 1.29 is 9.53 Å². The third-order valence-electron chi connectivity index (χ3n) is 8.87. The number of ketones is 1. The maximum atomic E-state index is 12.8. The van der Waals surface area contributed by atoms with Gasteiger partial charge in [-0.05, 0) is 73.5 Å². The first-order chi connectivity index (χ1) is 11.1. The van der Waals surface area contributed by atoms with Crippen molar-refractivity contribution in [3.05, 3.63) is 0 Å². The second kappa shape index (κ2) is 5.09. The molecular weight excluding hydrogens is 296 g/mol. The maximum Gasteiger partial charge on any atom is 0.136 e. The molecular formula is C22H36O2. The predicted octanol–water partition coefficient (Wildman–Crippen LogP) is 5.25. The van der Waals surface area contributed by atoms with Crippen LogP contribution in [-0.2, 0) is 9.53 Å². The smallest absolute Gasteiger partial charge is 0.136 e. The molecule has 7 unspecified atom stereocenters. The lowest BCUT2D eigenvalue weighted by Gasteiger charge is -2.51. The molecule has 0 aromatic rings. The standard InChI is InChI=1S/C22H36O2/c1-13-11-22(6)18(24-22)7-8-21(5)12-16(21)9-15-10-17(23)14(2)19(13)20(15,3)4/h13-16,18-19H,7-12H2,1-6H3/t13-,14?,15?,16?,18?,19?,21?,22?/m0/s1. The van der Waals surface area contributed by atoms with Gasteiger partial charge in [-0.3, -0.25) is 4.79 Å². The zero-order valence-electron chi connectivity index (χ0n) is 16.5. The van der Waals surface area contributed by atoms with E-state index < -0.39 is 0 Å². The molecule has 24 heavy (non-hydrogen) atoms. The predicted molar refractivity (Wildman–Crippen MR) is 96.7 cm³/mol. The highest BCUT2D eigenvalue weighted by molar-refractivity contribution is 5.82. The molecule has 0 N–H and O–H groups in total. The summed E-state index contributed by atoms with van der Waals surface area (Å²) in [6.45, 7) is 14.3. The Morgan fingerprint density at radius 3 is 2.46 bits per heavy atom. The molecule has 2 heteroatoms. The van der Waals surface area contributed by atoms with E-state index in [2.05, 4.69) is 41.5 Å². The van der Waals surface area contributed by atoms with Crippen LogP contribution in [-0.4, -0.2) is 17.5 Å². The Balaban J connectivity index is 1.67. The molecule has 3 aliphatic carbocycles. The minimum atomic E-state index is 0.0746. The Labute approximate surface area is 148 Å². The van der Waals surface area contributed by atoms with Gasteiger partial charge in [0.15, 0.2) is 0 Å². The molecule has 0 aromatic carbocycles. The summed E-state index contributed by atoms with van der Waals surface area (Å²) < 4.78 is 6.18. The van der Waals surface area contributed by atoms with Gasteiger partial charge in [-0.1, -0.05) is 34.6 Å². The molecule has 0 aromatic heterocycles. The van der Waals surface area contributed by atoms with E-state index in [0.717, 1.165) is 18.8 Å². The molecule has 1 heterocycles. The third-order valence-corrected chi connectivity index (χ3v) is 8.87. The SMILES string of the molecule is CC1C(=O)CC2CC3CC3(C)CCC3OC3(C)C[C@H](C)C1C2(C)C. The average molecular weight is 333 g/mol. The van der Waals surface area contributed by atoms with E-state index >= 15 is 0 Å². The number of hydrogen-bond donors (Lipinski definition) is 0. The van der Waals surface area contributed by atoms with Crippen LogP contribution in [0.5, 0.6) is 0 Å². The molecule has 4 rings (SSSR count). The first kappa shape index (κ1) is 17.1. The average Bonchev–Trinajstić information content (AvgIpc) is 3.30. The zero-order chi connectivity index (χ0) is 17.5. The van der Waals surface area contributed by atoms with E-state index in [-0.39, 0.29) is 16.9 Å². The topological polar surface area (TPSA) is 29.6 Å². The van der Waals surface area contributed by atoms with Crippen molar-refractivity contribution in [2.45, 2.75) is 91.8 Å². The van der Waals surface area contributed by atoms with Gasteiger partial charge in [0.05, 0.1) is 11.7 Å². The van der Waals surface area contributed by atoms with Crippen molar-refractivity contribution in [3.63, 3.8) is 0 Å². The lowest BCUT2D eigenvalue weighted by Crippen LogP contribution is -2.49. The van der Waals surface area contributed by atoms with Crippen molar-refractivity contribution in [2.75, 3.05) is 0 Å². The third kappa shape index (κ3) is 2.50. The van der Waals surface area contributed by atoms with Crippen LogP contribution in [0.15, 0.2) is 0 Å². The van der Waals surface area contributed by atoms with Gasteiger partial charge < -0.3 is 4.74 Å². The van der Waals surface area contributed by atoms with Crippen LogP contribution in [0.4, 0.5) is 0 Å². The van der Waals surface area contributed by atoms with Crippen molar-refractivity contribution in [3.8, 4) is 0 Å². The van der Waals surface area contributed by atoms with Crippen LogP contribution in [0, 0.1) is 40.4 Å². The molecule has 2 bridgehead atoms. The van der Waals surface area contributed by atoms with Gasteiger partial charge in [0.1, 0.15) is 5.78 Å². The molecule has 136 valence electrons. The number of carbonyl (C=O) groups is 1. The van der Waals surface area contributed by atoms with Crippen LogP contribution >= 0.6 is 0 Å². The highest BCUT2D eigenvalue weighted by atomic mass is 16.6. The number of hydrogen-bond acceptors (Lipinski definition) is 2. The normalized spacial score (nSPS) is 56.3. The van der Waals surface area contributed by atoms with Crippen LogP contribution in [0.3, 0.4) is 0 Å². The van der Waals surface area contributed by atoms with E-state index in [0.29, 0.717) is 35.1 Å². The number of rotatable bonds is 0. The van der Waals surface area contributed by atoms with Crippen molar-refractivity contribution in [1.29, 1.82) is 0 Å². The Kier molecular flexibility index (Phi) is 3.62. The van der Waals surface area contributed by atoms with Gasteiger partial charge in [0.25, 0.3) is 0 Å². The van der Waals surface area contributed by atoms with E-state index in [1.807, 2.05) is 0 Å².